The second-order valence-electron chi connectivity index (χ2n) is 5.65. The molecule has 1 unspecified atom stereocenters. The Morgan fingerprint density at radius 1 is 1.10 bits per heavy atom. The van der Waals surface area contributed by atoms with Crippen LogP contribution in [0.5, 0.6) is 0 Å². The molecule has 0 bridgehead atoms. The molecule has 1 aromatic carbocycles. The van der Waals surface area contributed by atoms with Crippen LogP contribution < -0.4 is 5.32 Å². The molecule has 0 saturated heterocycles. The summed E-state index contributed by atoms with van der Waals surface area (Å²) in [6.07, 6.45) is 2.05. The zero-order valence-electron chi connectivity index (χ0n) is 13.4. The molecule has 0 aliphatic rings. The van der Waals surface area contributed by atoms with E-state index in [1.165, 1.54) is 27.5 Å². The highest BCUT2D eigenvalue weighted by Gasteiger charge is 2.19. The number of aryl methyl sites for hydroxylation is 1. The maximum absolute atomic E-state index is 4.26. The van der Waals surface area contributed by atoms with Crippen LogP contribution in [0.25, 0.3) is 0 Å². The Morgan fingerprint density at radius 2 is 1.76 bits per heavy atom. The van der Waals surface area contributed by atoms with Crippen LogP contribution in [-0.4, -0.2) is 16.1 Å². The summed E-state index contributed by atoms with van der Waals surface area (Å²) in [5.74, 6) is 0.567. The van der Waals surface area contributed by atoms with E-state index >= 15 is 0 Å². The molecule has 0 spiro atoms. The van der Waals surface area contributed by atoms with Crippen LogP contribution in [0.15, 0.2) is 24.3 Å². The summed E-state index contributed by atoms with van der Waals surface area (Å²) in [7, 11) is 0. The second-order valence-corrected chi connectivity index (χ2v) is 6.43. The topological polar surface area (TPSA) is 37.8 Å². The average Bonchev–Trinajstić information content (AvgIpc) is 2.96. The maximum Gasteiger partial charge on any atom is 0.0804 e. The molecule has 3 nitrogen and oxygen atoms in total. The van der Waals surface area contributed by atoms with Crippen LogP contribution in [0.1, 0.15) is 67.8 Å². The van der Waals surface area contributed by atoms with Gasteiger partial charge in [-0.25, -0.2) is 0 Å². The summed E-state index contributed by atoms with van der Waals surface area (Å²) in [5, 5.41) is 7.91. The van der Waals surface area contributed by atoms with Crippen LogP contribution in [0, 0.1) is 0 Å². The number of benzene rings is 1. The van der Waals surface area contributed by atoms with Gasteiger partial charge in [-0.15, -0.1) is 5.10 Å². The molecule has 4 heteroatoms. The third kappa shape index (κ3) is 3.89. The number of hydrogen-bond donors (Lipinski definition) is 1. The van der Waals surface area contributed by atoms with Gasteiger partial charge in [0.1, 0.15) is 0 Å². The highest BCUT2D eigenvalue weighted by atomic mass is 32.1. The Bertz CT molecular complexity index is 545. The van der Waals surface area contributed by atoms with Gasteiger partial charge in [0, 0.05) is 0 Å². The minimum absolute atomic E-state index is 0.209. The van der Waals surface area contributed by atoms with Gasteiger partial charge in [0.05, 0.1) is 16.6 Å². The molecular weight excluding hydrogens is 278 g/mol. The summed E-state index contributed by atoms with van der Waals surface area (Å²) >= 11 is 1.51. The SMILES string of the molecule is CCCNC(c1ccc(C(C)C)cc1)c1snnc1CC. The van der Waals surface area contributed by atoms with Crippen molar-refractivity contribution in [1.29, 1.82) is 0 Å². The van der Waals surface area contributed by atoms with Crippen molar-refractivity contribution in [3.05, 3.63) is 46.0 Å². The van der Waals surface area contributed by atoms with E-state index in [1.54, 1.807) is 0 Å². The standard InChI is InChI=1S/C17H25N3S/c1-5-11-18-16(17-15(6-2)19-20-21-17)14-9-7-13(8-10-14)12(3)4/h7-10,12,16,18H,5-6,11H2,1-4H3. The molecule has 1 aromatic heterocycles. The van der Waals surface area contributed by atoms with Crippen LogP contribution in [0.4, 0.5) is 0 Å². The quantitative estimate of drug-likeness (QED) is 0.828. The molecule has 0 amide bonds. The zero-order chi connectivity index (χ0) is 15.2. The Labute approximate surface area is 132 Å². The highest BCUT2D eigenvalue weighted by molar-refractivity contribution is 7.05. The molecule has 2 aromatic rings. The van der Waals surface area contributed by atoms with E-state index in [4.69, 9.17) is 0 Å². The second kappa shape index (κ2) is 7.66. The van der Waals surface area contributed by atoms with E-state index in [9.17, 15) is 0 Å². The van der Waals surface area contributed by atoms with Crippen molar-refractivity contribution < 1.29 is 0 Å². The fraction of sp³-hybridized carbons (Fsp3) is 0.529. The Balaban J connectivity index is 2.31. The molecule has 0 saturated carbocycles. The van der Waals surface area contributed by atoms with Crippen molar-refractivity contribution in [2.75, 3.05) is 6.54 Å². The van der Waals surface area contributed by atoms with E-state index in [2.05, 4.69) is 66.9 Å². The van der Waals surface area contributed by atoms with Gasteiger partial charge in [-0.2, -0.15) is 0 Å². The van der Waals surface area contributed by atoms with Crippen LogP contribution in [0.3, 0.4) is 0 Å². The van der Waals surface area contributed by atoms with Gasteiger partial charge < -0.3 is 5.32 Å². The molecular formula is C17H25N3S. The first-order valence-corrected chi connectivity index (χ1v) is 8.59. The number of nitrogens with one attached hydrogen (secondary N) is 1. The Kier molecular flexibility index (Phi) is 5.88. The molecule has 0 aliphatic heterocycles. The maximum atomic E-state index is 4.26. The normalized spacial score (nSPS) is 12.8. The zero-order valence-corrected chi connectivity index (χ0v) is 14.2. The summed E-state index contributed by atoms with van der Waals surface area (Å²) in [6.45, 7) is 9.78. The lowest BCUT2D eigenvalue weighted by Gasteiger charge is -2.19. The van der Waals surface area contributed by atoms with Crippen molar-refractivity contribution in [3.8, 4) is 0 Å². The smallest absolute Gasteiger partial charge is 0.0804 e. The third-order valence-corrected chi connectivity index (χ3v) is 4.55. The predicted octanol–water partition coefficient (Wildman–Crippen LogP) is 4.31. The fourth-order valence-electron chi connectivity index (χ4n) is 2.40. The Morgan fingerprint density at radius 3 is 2.33 bits per heavy atom. The first-order valence-electron chi connectivity index (χ1n) is 7.81. The van der Waals surface area contributed by atoms with E-state index in [-0.39, 0.29) is 6.04 Å². The molecule has 0 aliphatic carbocycles. The third-order valence-electron chi connectivity index (χ3n) is 3.72. The summed E-state index contributed by atoms with van der Waals surface area (Å²) in [6, 6.07) is 9.16. The number of aromatic nitrogens is 2. The van der Waals surface area contributed by atoms with Gasteiger partial charge >= 0.3 is 0 Å². The largest absolute Gasteiger partial charge is 0.305 e. The van der Waals surface area contributed by atoms with Crippen molar-refractivity contribution in [2.24, 2.45) is 0 Å². The van der Waals surface area contributed by atoms with Gasteiger partial charge in [-0.05, 0) is 48.0 Å². The first kappa shape index (κ1) is 16.1. The van der Waals surface area contributed by atoms with Gasteiger partial charge in [0.2, 0.25) is 0 Å². The van der Waals surface area contributed by atoms with Crippen LogP contribution in [0.2, 0.25) is 0 Å². The summed E-state index contributed by atoms with van der Waals surface area (Å²) in [5.41, 5.74) is 3.79. The predicted molar refractivity (Wildman–Crippen MR) is 90.0 cm³/mol. The molecule has 0 radical (unpaired) electrons. The molecule has 1 heterocycles. The number of rotatable bonds is 7. The van der Waals surface area contributed by atoms with E-state index in [0.717, 1.165) is 25.1 Å². The minimum atomic E-state index is 0.209. The van der Waals surface area contributed by atoms with E-state index in [1.807, 2.05) is 0 Å². The van der Waals surface area contributed by atoms with Crippen molar-refractivity contribution in [1.82, 2.24) is 14.9 Å². The van der Waals surface area contributed by atoms with Gasteiger partial charge in [0.25, 0.3) is 0 Å². The lowest BCUT2D eigenvalue weighted by molar-refractivity contribution is 0.600. The molecule has 114 valence electrons. The molecule has 1 N–H and O–H groups in total. The number of hydrogen-bond acceptors (Lipinski definition) is 4. The molecule has 2 rings (SSSR count). The van der Waals surface area contributed by atoms with Gasteiger partial charge in [-0.1, -0.05) is 56.4 Å². The highest BCUT2D eigenvalue weighted by Crippen LogP contribution is 2.28. The summed E-state index contributed by atoms with van der Waals surface area (Å²) < 4.78 is 4.14. The van der Waals surface area contributed by atoms with Crippen molar-refractivity contribution >= 4 is 11.5 Å². The molecule has 0 fully saturated rings. The van der Waals surface area contributed by atoms with Crippen molar-refractivity contribution in [3.63, 3.8) is 0 Å². The average molecular weight is 303 g/mol. The van der Waals surface area contributed by atoms with Crippen LogP contribution >= 0.6 is 11.5 Å². The lowest BCUT2D eigenvalue weighted by Crippen LogP contribution is -2.23. The van der Waals surface area contributed by atoms with Gasteiger partial charge in [0.15, 0.2) is 0 Å². The lowest BCUT2D eigenvalue weighted by atomic mass is 9.97. The first-order chi connectivity index (χ1) is 10.2. The van der Waals surface area contributed by atoms with Crippen LogP contribution in [-0.2, 0) is 6.42 Å². The molecule has 21 heavy (non-hydrogen) atoms. The summed E-state index contributed by atoms with van der Waals surface area (Å²) in [4.78, 5) is 1.25. The minimum Gasteiger partial charge on any atom is -0.305 e. The van der Waals surface area contributed by atoms with E-state index in [0.29, 0.717) is 5.92 Å². The molecule has 1 atom stereocenters. The Hall–Kier alpha value is -1.26. The van der Waals surface area contributed by atoms with Gasteiger partial charge in [-0.3, -0.25) is 0 Å². The van der Waals surface area contributed by atoms with E-state index < -0.39 is 0 Å². The fourth-order valence-corrected chi connectivity index (χ4v) is 3.25. The number of nitrogens with zero attached hydrogens (tertiary/aromatic N) is 2. The monoisotopic (exact) mass is 303 g/mol. The van der Waals surface area contributed by atoms with Crippen molar-refractivity contribution in [2.45, 2.75) is 52.5 Å².